The van der Waals surface area contributed by atoms with Gasteiger partial charge in [0, 0.05) is 10.9 Å². The Morgan fingerprint density at radius 3 is 2.83 bits per heavy atom. The Morgan fingerprint density at radius 1 is 1.28 bits per heavy atom. The van der Waals surface area contributed by atoms with E-state index >= 15 is 0 Å². The molecule has 2 nitrogen and oxygen atoms in total. The Hall–Kier alpha value is -1.06. The van der Waals surface area contributed by atoms with Crippen LogP contribution in [-0.2, 0) is 6.54 Å². The smallest absolute Gasteiger partial charge is 0.117 e. The molecule has 96 valence electrons. The minimum absolute atomic E-state index is 0.498. The standard InChI is InChI=1S/C15H19NOS/c1-2-6-12(5-1)15(14-8-4-10-18-14)16-11-13-7-3-9-17-13/h3-4,7-10,12,15-16H,1-2,5-6,11H2. The second-order valence-electron chi connectivity index (χ2n) is 5.00. The summed E-state index contributed by atoms with van der Waals surface area (Å²) in [6, 6.07) is 8.89. The monoisotopic (exact) mass is 261 g/mol. The molecule has 1 saturated carbocycles. The molecule has 0 aromatic carbocycles. The molecule has 2 aromatic rings. The van der Waals surface area contributed by atoms with E-state index in [9.17, 15) is 0 Å². The van der Waals surface area contributed by atoms with Gasteiger partial charge in [0.15, 0.2) is 0 Å². The van der Waals surface area contributed by atoms with E-state index in [1.54, 1.807) is 6.26 Å². The Morgan fingerprint density at radius 2 is 2.17 bits per heavy atom. The third kappa shape index (κ3) is 2.68. The van der Waals surface area contributed by atoms with Gasteiger partial charge in [-0.1, -0.05) is 18.9 Å². The minimum atomic E-state index is 0.498. The summed E-state index contributed by atoms with van der Waals surface area (Å²) in [6.45, 7) is 0.825. The molecule has 0 radical (unpaired) electrons. The van der Waals surface area contributed by atoms with Crippen LogP contribution in [0.3, 0.4) is 0 Å². The maximum atomic E-state index is 5.40. The van der Waals surface area contributed by atoms with Gasteiger partial charge in [0.05, 0.1) is 12.8 Å². The fraction of sp³-hybridized carbons (Fsp3) is 0.467. The summed E-state index contributed by atoms with van der Waals surface area (Å²) in [5, 5.41) is 5.86. The molecule has 1 fully saturated rings. The molecular weight excluding hydrogens is 242 g/mol. The van der Waals surface area contributed by atoms with Crippen LogP contribution in [-0.4, -0.2) is 0 Å². The number of thiophene rings is 1. The van der Waals surface area contributed by atoms with Gasteiger partial charge in [0.2, 0.25) is 0 Å². The van der Waals surface area contributed by atoms with Crippen LogP contribution in [0.15, 0.2) is 40.3 Å². The van der Waals surface area contributed by atoms with Crippen molar-refractivity contribution in [3.8, 4) is 0 Å². The Kier molecular flexibility index (Phi) is 3.81. The van der Waals surface area contributed by atoms with Crippen molar-refractivity contribution in [1.29, 1.82) is 0 Å². The first kappa shape index (κ1) is 12.0. The third-order valence-electron chi connectivity index (χ3n) is 3.80. The van der Waals surface area contributed by atoms with Crippen molar-refractivity contribution < 1.29 is 4.42 Å². The predicted octanol–water partition coefficient (Wildman–Crippen LogP) is 4.36. The second-order valence-corrected chi connectivity index (χ2v) is 5.98. The van der Waals surface area contributed by atoms with Gasteiger partial charge in [-0.05, 0) is 42.3 Å². The maximum Gasteiger partial charge on any atom is 0.117 e. The zero-order chi connectivity index (χ0) is 12.2. The molecule has 2 aromatic heterocycles. The molecule has 0 aliphatic heterocycles. The number of rotatable bonds is 5. The highest BCUT2D eigenvalue weighted by Crippen LogP contribution is 2.37. The van der Waals surface area contributed by atoms with Crippen molar-refractivity contribution in [2.24, 2.45) is 5.92 Å². The average Bonchev–Trinajstić information content (AvgIpc) is 3.14. The molecule has 0 saturated heterocycles. The zero-order valence-corrected chi connectivity index (χ0v) is 11.3. The molecule has 1 aliphatic carbocycles. The molecule has 1 N–H and O–H groups in total. The van der Waals surface area contributed by atoms with E-state index in [0.29, 0.717) is 6.04 Å². The first-order valence-electron chi connectivity index (χ1n) is 6.72. The van der Waals surface area contributed by atoms with Crippen molar-refractivity contribution in [2.75, 3.05) is 0 Å². The molecule has 3 heteroatoms. The highest BCUT2D eigenvalue weighted by atomic mass is 32.1. The first-order chi connectivity index (χ1) is 8.93. The summed E-state index contributed by atoms with van der Waals surface area (Å²) in [5.74, 6) is 1.81. The van der Waals surface area contributed by atoms with Crippen LogP contribution in [0, 0.1) is 5.92 Å². The number of hydrogen-bond donors (Lipinski definition) is 1. The van der Waals surface area contributed by atoms with E-state index < -0.39 is 0 Å². The Balaban J connectivity index is 1.69. The lowest BCUT2D eigenvalue weighted by molar-refractivity contribution is 0.354. The molecule has 3 rings (SSSR count). The number of hydrogen-bond acceptors (Lipinski definition) is 3. The lowest BCUT2D eigenvalue weighted by Gasteiger charge is -2.23. The molecule has 0 amide bonds. The minimum Gasteiger partial charge on any atom is -0.468 e. The zero-order valence-electron chi connectivity index (χ0n) is 10.5. The average molecular weight is 261 g/mol. The second kappa shape index (κ2) is 5.72. The summed E-state index contributed by atoms with van der Waals surface area (Å²) < 4.78 is 5.40. The number of nitrogens with one attached hydrogen (secondary N) is 1. The quantitative estimate of drug-likeness (QED) is 0.865. The molecular formula is C15H19NOS. The summed E-state index contributed by atoms with van der Waals surface area (Å²) in [6.07, 6.45) is 7.22. The summed E-state index contributed by atoms with van der Waals surface area (Å²) in [4.78, 5) is 1.47. The van der Waals surface area contributed by atoms with Gasteiger partial charge in [0.1, 0.15) is 5.76 Å². The van der Waals surface area contributed by atoms with E-state index in [1.807, 2.05) is 23.5 Å². The van der Waals surface area contributed by atoms with Crippen LogP contribution >= 0.6 is 11.3 Å². The van der Waals surface area contributed by atoms with E-state index in [2.05, 4.69) is 22.8 Å². The third-order valence-corrected chi connectivity index (χ3v) is 4.75. The van der Waals surface area contributed by atoms with Crippen LogP contribution in [0.5, 0.6) is 0 Å². The van der Waals surface area contributed by atoms with Gasteiger partial charge < -0.3 is 9.73 Å². The van der Waals surface area contributed by atoms with Gasteiger partial charge in [-0.2, -0.15) is 0 Å². The molecule has 1 aliphatic rings. The number of furan rings is 1. The Labute approximate surface area is 112 Å². The molecule has 18 heavy (non-hydrogen) atoms. The fourth-order valence-corrected chi connectivity index (χ4v) is 3.78. The first-order valence-corrected chi connectivity index (χ1v) is 7.60. The van der Waals surface area contributed by atoms with E-state index in [4.69, 9.17) is 4.42 Å². The van der Waals surface area contributed by atoms with E-state index in [0.717, 1.165) is 18.2 Å². The Bertz CT molecular complexity index is 443. The lowest BCUT2D eigenvalue weighted by atomic mass is 9.96. The lowest BCUT2D eigenvalue weighted by Crippen LogP contribution is -2.25. The van der Waals surface area contributed by atoms with Crippen LogP contribution in [0.4, 0.5) is 0 Å². The van der Waals surface area contributed by atoms with Crippen LogP contribution in [0.25, 0.3) is 0 Å². The van der Waals surface area contributed by atoms with Gasteiger partial charge in [-0.15, -0.1) is 11.3 Å². The largest absolute Gasteiger partial charge is 0.468 e. The predicted molar refractivity (Wildman–Crippen MR) is 74.6 cm³/mol. The van der Waals surface area contributed by atoms with Gasteiger partial charge in [-0.3, -0.25) is 0 Å². The molecule has 1 atom stereocenters. The maximum absolute atomic E-state index is 5.40. The van der Waals surface area contributed by atoms with Crippen molar-refractivity contribution in [2.45, 2.75) is 38.3 Å². The van der Waals surface area contributed by atoms with Crippen LogP contribution in [0.2, 0.25) is 0 Å². The van der Waals surface area contributed by atoms with E-state index in [1.165, 1.54) is 30.6 Å². The van der Waals surface area contributed by atoms with Crippen molar-refractivity contribution in [3.63, 3.8) is 0 Å². The van der Waals surface area contributed by atoms with Gasteiger partial charge >= 0.3 is 0 Å². The molecule has 1 unspecified atom stereocenters. The van der Waals surface area contributed by atoms with Crippen molar-refractivity contribution in [1.82, 2.24) is 5.32 Å². The van der Waals surface area contributed by atoms with Crippen molar-refractivity contribution in [3.05, 3.63) is 46.5 Å². The van der Waals surface area contributed by atoms with Gasteiger partial charge in [0.25, 0.3) is 0 Å². The van der Waals surface area contributed by atoms with Crippen LogP contribution < -0.4 is 5.32 Å². The molecule has 2 heterocycles. The highest BCUT2D eigenvalue weighted by molar-refractivity contribution is 7.10. The molecule has 0 spiro atoms. The van der Waals surface area contributed by atoms with E-state index in [-0.39, 0.29) is 0 Å². The summed E-state index contributed by atoms with van der Waals surface area (Å²) in [7, 11) is 0. The fourth-order valence-electron chi connectivity index (χ4n) is 2.88. The summed E-state index contributed by atoms with van der Waals surface area (Å²) >= 11 is 1.86. The topological polar surface area (TPSA) is 25.2 Å². The van der Waals surface area contributed by atoms with Crippen LogP contribution in [0.1, 0.15) is 42.4 Å². The molecule has 0 bridgehead atoms. The summed E-state index contributed by atoms with van der Waals surface area (Å²) in [5.41, 5.74) is 0. The normalized spacial score (nSPS) is 18.2. The van der Waals surface area contributed by atoms with Gasteiger partial charge in [-0.25, -0.2) is 0 Å². The van der Waals surface area contributed by atoms with Crippen molar-refractivity contribution >= 4 is 11.3 Å². The SMILES string of the molecule is c1coc(CNC(c2cccs2)C2CCCC2)c1. The highest BCUT2D eigenvalue weighted by Gasteiger charge is 2.26.